The molecule has 2 heterocycles. The normalized spacial score (nSPS) is 14.8. The Hall–Kier alpha value is -3.29. The van der Waals surface area contributed by atoms with Crippen molar-refractivity contribution < 1.29 is 22.8 Å². The Bertz CT molecular complexity index is 1050. The quantitative estimate of drug-likeness (QED) is 0.716. The Morgan fingerprint density at radius 3 is 2.57 bits per heavy atom. The van der Waals surface area contributed by atoms with Gasteiger partial charge in [0.15, 0.2) is 0 Å². The van der Waals surface area contributed by atoms with Crippen molar-refractivity contribution in [2.75, 3.05) is 18.4 Å². The Balaban J connectivity index is 1.39. The van der Waals surface area contributed by atoms with Gasteiger partial charge in [0.2, 0.25) is 5.91 Å². The van der Waals surface area contributed by atoms with Crippen LogP contribution < -0.4 is 5.32 Å². The summed E-state index contributed by atoms with van der Waals surface area (Å²) in [5, 5.41) is 3.31. The Morgan fingerprint density at radius 1 is 1.07 bits per heavy atom. The third kappa shape index (κ3) is 3.33. The SMILES string of the molecule is O=C(Nc1cccc(C(F)(F)F)c1)C1CN(C(=O)c2c[nH]c3ccccc23)C1. The van der Waals surface area contributed by atoms with Crippen LogP contribution in [0.25, 0.3) is 10.9 Å². The van der Waals surface area contributed by atoms with Gasteiger partial charge in [0.25, 0.3) is 5.91 Å². The lowest BCUT2D eigenvalue weighted by Crippen LogP contribution is -2.54. The first kappa shape index (κ1) is 18.1. The van der Waals surface area contributed by atoms with Crippen molar-refractivity contribution in [3.8, 4) is 0 Å². The van der Waals surface area contributed by atoms with Crippen molar-refractivity contribution in [3.05, 3.63) is 65.9 Å². The van der Waals surface area contributed by atoms with E-state index in [2.05, 4.69) is 10.3 Å². The van der Waals surface area contributed by atoms with E-state index in [-0.39, 0.29) is 24.7 Å². The van der Waals surface area contributed by atoms with E-state index in [0.29, 0.717) is 5.56 Å². The molecular formula is C20H16F3N3O2. The van der Waals surface area contributed by atoms with Gasteiger partial charge in [-0.05, 0) is 24.3 Å². The molecule has 0 atom stereocenters. The standard InChI is InChI=1S/C20H16F3N3O2/c21-20(22,23)13-4-3-5-14(8-13)25-18(27)12-10-26(11-12)19(28)16-9-24-17-7-2-1-6-15(16)17/h1-9,12,24H,10-11H2,(H,25,27). The number of nitrogens with one attached hydrogen (secondary N) is 2. The number of aromatic nitrogens is 1. The van der Waals surface area contributed by atoms with Gasteiger partial charge in [-0.3, -0.25) is 9.59 Å². The number of rotatable bonds is 3. The Labute approximate surface area is 158 Å². The number of alkyl halides is 3. The maximum Gasteiger partial charge on any atom is 0.416 e. The van der Waals surface area contributed by atoms with Gasteiger partial charge in [0, 0.05) is 35.9 Å². The largest absolute Gasteiger partial charge is 0.416 e. The summed E-state index contributed by atoms with van der Waals surface area (Å²) >= 11 is 0. The molecule has 5 nitrogen and oxygen atoms in total. The average Bonchev–Trinajstić information content (AvgIpc) is 3.04. The minimum Gasteiger partial charge on any atom is -0.360 e. The molecule has 8 heteroatoms. The molecule has 28 heavy (non-hydrogen) atoms. The monoisotopic (exact) mass is 387 g/mol. The highest BCUT2D eigenvalue weighted by atomic mass is 19.4. The molecule has 1 aliphatic heterocycles. The van der Waals surface area contributed by atoms with E-state index in [4.69, 9.17) is 0 Å². The van der Waals surface area contributed by atoms with Crippen molar-refractivity contribution in [2.24, 2.45) is 5.92 Å². The first-order valence-electron chi connectivity index (χ1n) is 8.66. The summed E-state index contributed by atoms with van der Waals surface area (Å²) in [4.78, 5) is 29.5. The molecule has 3 aromatic rings. The van der Waals surface area contributed by atoms with Gasteiger partial charge in [0.1, 0.15) is 0 Å². The van der Waals surface area contributed by atoms with Gasteiger partial charge < -0.3 is 15.2 Å². The molecule has 2 N–H and O–H groups in total. The predicted molar refractivity (Wildman–Crippen MR) is 97.8 cm³/mol. The van der Waals surface area contributed by atoms with Crippen LogP contribution in [0.4, 0.5) is 18.9 Å². The van der Waals surface area contributed by atoms with Gasteiger partial charge in [0.05, 0.1) is 17.0 Å². The van der Waals surface area contributed by atoms with Crippen LogP contribution in [0, 0.1) is 5.92 Å². The van der Waals surface area contributed by atoms with Gasteiger partial charge >= 0.3 is 6.18 Å². The lowest BCUT2D eigenvalue weighted by Gasteiger charge is -2.38. The van der Waals surface area contributed by atoms with Crippen LogP contribution in [0.15, 0.2) is 54.7 Å². The number of carbonyl (C=O) groups is 2. The molecule has 1 saturated heterocycles. The molecule has 0 bridgehead atoms. The highest BCUT2D eigenvalue weighted by Gasteiger charge is 2.37. The lowest BCUT2D eigenvalue weighted by molar-refractivity contribution is -0.137. The van der Waals surface area contributed by atoms with Gasteiger partial charge in [-0.2, -0.15) is 13.2 Å². The minimum atomic E-state index is -4.47. The number of nitrogens with zero attached hydrogens (tertiary/aromatic N) is 1. The molecule has 0 spiro atoms. The number of H-pyrrole nitrogens is 1. The molecule has 2 amide bonds. The molecule has 1 aliphatic rings. The molecule has 0 saturated carbocycles. The number of fused-ring (bicyclic) bond motifs is 1. The van der Waals surface area contributed by atoms with Crippen LogP contribution in [0.2, 0.25) is 0 Å². The highest BCUT2D eigenvalue weighted by molar-refractivity contribution is 6.07. The van der Waals surface area contributed by atoms with Crippen molar-refractivity contribution in [1.29, 1.82) is 0 Å². The first-order chi connectivity index (χ1) is 13.3. The van der Waals surface area contributed by atoms with Crippen LogP contribution in [-0.2, 0) is 11.0 Å². The van der Waals surface area contributed by atoms with E-state index in [1.54, 1.807) is 11.1 Å². The van der Waals surface area contributed by atoms with Crippen LogP contribution in [0.5, 0.6) is 0 Å². The molecule has 4 rings (SSSR count). The molecule has 0 unspecified atom stereocenters. The third-order valence-electron chi connectivity index (χ3n) is 4.82. The Kier molecular flexibility index (Phi) is 4.33. The summed E-state index contributed by atoms with van der Waals surface area (Å²) in [6, 6.07) is 11.9. The second kappa shape index (κ2) is 6.70. The summed E-state index contributed by atoms with van der Waals surface area (Å²) in [5.74, 6) is -1.04. The predicted octanol–water partition coefficient (Wildman–Crippen LogP) is 3.90. The van der Waals surface area contributed by atoms with Gasteiger partial charge in [-0.25, -0.2) is 0 Å². The summed E-state index contributed by atoms with van der Waals surface area (Å²) in [6.07, 6.45) is -2.83. The van der Waals surface area contributed by atoms with Crippen LogP contribution in [0.1, 0.15) is 15.9 Å². The fourth-order valence-electron chi connectivity index (χ4n) is 3.25. The van der Waals surface area contributed by atoms with Crippen molar-refractivity contribution in [3.63, 3.8) is 0 Å². The second-order valence-electron chi connectivity index (χ2n) is 6.72. The Morgan fingerprint density at radius 2 is 1.82 bits per heavy atom. The smallest absolute Gasteiger partial charge is 0.360 e. The molecular weight excluding hydrogens is 371 g/mol. The molecule has 144 valence electrons. The van der Waals surface area contributed by atoms with Crippen LogP contribution in [-0.4, -0.2) is 34.8 Å². The number of benzene rings is 2. The number of hydrogen-bond donors (Lipinski definition) is 2. The molecule has 0 radical (unpaired) electrons. The van der Waals surface area contributed by atoms with E-state index in [9.17, 15) is 22.8 Å². The van der Waals surface area contributed by atoms with Gasteiger partial charge in [-0.15, -0.1) is 0 Å². The molecule has 1 aromatic heterocycles. The number of amides is 2. The number of hydrogen-bond acceptors (Lipinski definition) is 2. The maximum atomic E-state index is 12.8. The summed E-state index contributed by atoms with van der Waals surface area (Å²) in [6.45, 7) is 0.451. The molecule has 1 fully saturated rings. The summed E-state index contributed by atoms with van der Waals surface area (Å²) in [5.41, 5.74) is 0.647. The van der Waals surface area contributed by atoms with E-state index in [0.717, 1.165) is 23.0 Å². The number of likely N-dealkylation sites (tertiary alicyclic amines) is 1. The zero-order valence-electron chi connectivity index (χ0n) is 14.6. The summed E-state index contributed by atoms with van der Waals surface area (Å²) in [7, 11) is 0. The molecule has 0 aliphatic carbocycles. The van der Waals surface area contributed by atoms with E-state index >= 15 is 0 Å². The summed E-state index contributed by atoms with van der Waals surface area (Å²) < 4.78 is 38.3. The van der Waals surface area contributed by atoms with Gasteiger partial charge in [-0.1, -0.05) is 24.3 Å². The number of carbonyl (C=O) groups excluding carboxylic acids is 2. The lowest BCUT2D eigenvalue weighted by atomic mass is 9.97. The molecule has 2 aromatic carbocycles. The fourth-order valence-corrected chi connectivity index (χ4v) is 3.25. The fraction of sp³-hybridized carbons (Fsp3) is 0.200. The number of anilines is 1. The van der Waals surface area contributed by atoms with Crippen molar-refractivity contribution in [2.45, 2.75) is 6.18 Å². The second-order valence-corrected chi connectivity index (χ2v) is 6.72. The van der Waals surface area contributed by atoms with Crippen LogP contribution >= 0.6 is 0 Å². The zero-order chi connectivity index (χ0) is 19.9. The average molecular weight is 387 g/mol. The minimum absolute atomic E-state index is 0.0845. The highest BCUT2D eigenvalue weighted by Crippen LogP contribution is 2.31. The van der Waals surface area contributed by atoms with E-state index in [1.165, 1.54) is 12.1 Å². The first-order valence-corrected chi connectivity index (χ1v) is 8.66. The maximum absolute atomic E-state index is 12.8. The van der Waals surface area contributed by atoms with E-state index in [1.807, 2.05) is 24.3 Å². The topological polar surface area (TPSA) is 65.2 Å². The number of halogens is 3. The third-order valence-corrected chi connectivity index (χ3v) is 4.82. The van der Waals surface area contributed by atoms with E-state index < -0.39 is 23.6 Å². The number of para-hydroxylation sites is 1. The van der Waals surface area contributed by atoms with Crippen LogP contribution in [0.3, 0.4) is 0 Å². The zero-order valence-corrected chi connectivity index (χ0v) is 14.6. The van der Waals surface area contributed by atoms with Crippen molar-refractivity contribution >= 4 is 28.4 Å². The number of aromatic amines is 1. The van der Waals surface area contributed by atoms with Crippen molar-refractivity contribution in [1.82, 2.24) is 9.88 Å².